The topological polar surface area (TPSA) is 76.7 Å². The lowest BCUT2D eigenvalue weighted by molar-refractivity contribution is 0.415. The van der Waals surface area contributed by atoms with Crippen molar-refractivity contribution in [3.05, 3.63) is 74.9 Å². The highest BCUT2D eigenvalue weighted by molar-refractivity contribution is 7.14. The summed E-state index contributed by atoms with van der Waals surface area (Å²) in [5.41, 5.74) is 4.72. The Kier molecular flexibility index (Phi) is 5.10. The van der Waals surface area contributed by atoms with Crippen LogP contribution in [0, 0.1) is 0 Å². The van der Waals surface area contributed by atoms with Gasteiger partial charge in [0.15, 0.2) is 0 Å². The summed E-state index contributed by atoms with van der Waals surface area (Å²) < 4.78 is 10.6. The molecule has 140 valence electrons. The van der Waals surface area contributed by atoms with Gasteiger partial charge in [0.2, 0.25) is 5.13 Å². The van der Waals surface area contributed by atoms with Gasteiger partial charge in [0, 0.05) is 15.8 Å². The van der Waals surface area contributed by atoms with Crippen LogP contribution >= 0.6 is 22.9 Å². The number of hydrazone groups is 1. The monoisotopic (exact) mass is 411 g/mol. The van der Waals surface area contributed by atoms with Crippen molar-refractivity contribution in [2.75, 3.05) is 12.5 Å². The fourth-order valence-electron chi connectivity index (χ4n) is 2.57. The third-order valence-corrected chi connectivity index (χ3v) is 4.96. The fraction of sp³-hybridized carbons (Fsp3) is 0.0500. The highest BCUT2D eigenvalue weighted by Crippen LogP contribution is 2.27. The summed E-state index contributed by atoms with van der Waals surface area (Å²) in [6, 6.07) is 14.3. The van der Waals surface area contributed by atoms with Crippen LogP contribution in [0.5, 0.6) is 5.75 Å². The summed E-state index contributed by atoms with van der Waals surface area (Å²) in [5, 5.41) is 7.92. The molecule has 28 heavy (non-hydrogen) atoms. The Hall–Kier alpha value is -3.16. The highest BCUT2D eigenvalue weighted by atomic mass is 35.5. The van der Waals surface area contributed by atoms with Gasteiger partial charge in [-0.1, -0.05) is 23.7 Å². The molecule has 0 aliphatic carbocycles. The molecule has 0 unspecified atom stereocenters. The van der Waals surface area contributed by atoms with Crippen molar-refractivity contribution in [2.45, 2.75) is 0 Å². The summed E-state index contributed by atoms with van der Waals surface area (Å²) in [4.78, 5) is 16.7. The van der Waals surface area contributed by atoms with Crippen LogP contribution in [0.1, 0.15) is 5.56 Å². The first-order chi connectivity index (χ1) is 13.6. The first kappa shape index (κ1) is 18.2. The van der Waals surface area contributed by atoms with Gasteiger partial charge in [0.05, 0.1) is 24.6 Å². The van der Waals surface area contributed by atoms with Gasteiger partial charge in [0.1, 0.15) is 11.3 Å². The zero-order valence-corrected chi connectivity index (χ0v) is 16.3. The molecule has 0 aliphatic rings. The molecule has 1 N–H and O–H groups in total. The fourth-order valence-corrected chi connectivity index (χ4v) is 3.35. The van der Waals surface area contributed by atoms with E-state index in [1.165, 1.54) is 11.3 Å². The standard InChI is InChI=1S/C20H14ClN3O3S/c1-26-15-6-7-18-13(8-15)9-16(19(25)27-18)17-11-28-20(23-17)24-22-10-12-2-4-14(21)5-3-12/h2-11H,1H3,(H,23,24)/b22-10+. The van der Waals surface area contributed by atoms with E-state index < -0.39 is 5.63 Å². The SMILES string of the molecule is COc1ccc2oc(=O)c(-c3csc(N/N=C/c4ccc(Cl)cc4)n3)cc2c1. The molecule has 0 fully saturated rings. The molecule has 2 aromatic carbocycles. The Labute approximate surface area is 169 Å². The van der Waals surface area contributed by atoms with Gasteiger partial charge in [-0.05, 0) is 42.0 Å². The van der Waals surface area contributed by atoms with Gasteiger partial charge in [0.25, 0.3) is 0 Å². The minimum absolute atomic E-state index is 0.381. The third kappa shape index (κ3) is 3.90. The van der Waals surface area contributed by atoms with Crippen LogP contribution < -0.4 is 15.8 Å². The molecule has 0 saturated carbocycles. The maximum absolute atomic E-state index is 12.3. The smallest absolute Gasteiger partial charge is 0.345 e. The molecule has 0 radical (unpaired) electrons. The predicted octanol–water partition coefficient (Wildman–Crippen LogP) is 5.02. The van der Waals surface area contributed by atoms with Crippen molar-refractivity contribution < 1.29 is 9.15 Å². The van der Waals surface area contributed by atoms with Gasteiger partial charge in [-0.25, -0.2) is 9.78 Å². The van der Waals surface area contributed by atoms with Crippen LogP contribution in [0.2, 0.25) is 5.02 Å². The second-order valence-corrected chi connectivity index (χ2v) is 7.11. The average molecular weight is 412 g/mol. The number of rotatable bonds is 5. The van der Waals surface area contributed by atoms with Crippen molar-refractivity contribution in [3.8, 4) is 17.0 Å². The Morgan fingerprint density at radius 1 is 1.21 bits per heavy atom. The quantitative estimate of drug-likeness (QED) is 0.283. The minimum atomic E-state index is -0.445. The summed E-state index contributed by atoms with van der Waals surface area (Å²) in [7, 11) is 1.59. The lowest BCUT2D eigenvalue weighted by Crippen LogP contribution is -2.03. The number of benzene rings is 2. The normalized spacial score (nSPS) is 11.2. The van der Waals surface area contributed by atoms with E-state index in [-0.39, 0.29) is 0 Å². The average Bonchev–Trinajstić information content (AvgIpc) is 3.17. The number of thiazole rings is 1. The molecular weight excluding hydrogens is 398 g/mol. The molecule has 0 aliphatic heterocycles. The summed E-state index contributed by atoms with van der Waals surface area (Å²) in [5.74, 6) is 0.685. The van der Waals surface area contributed by atoms with Crippen molar-refractivity contribution in [3.63, 3.8) is 0 Å². The lowest BCUT2D eigenvalue weighted by Gasteiger charge is -2.03. The number of fused-ring (bicyclic) bond motifs is 1. The van der Waals surface area contributed by atoms with E-state index in [1.807, 2.05) is 18.2 Å². The predicted molar refractivity (Wildman–Crippen MR) is 113 cm³/mol. The van der Waals surface area contributed by atoms with E-state index in [2.05, 4.69) is 15.5 Å². The van der Waals surface area contributed by atoms with E-state index in [4.69, 9.17) is 20.8 Å². The first-order valence-electron chi connectivity index (χ1n) is 8.25. The number of hydrogen-bond acceptors (Lipinski definition) is 7. The van der Waals surface area contributed by atoms with Crippen molar-refractivity contribution in [1.29, 1.82) is 0 Å². The number of aromatic nitrogens is 1. The number of anilines is 1. The number of nitrogens with zero attached hydrogens (tertiary/aromatic N) is 2. The Bertz CT molecular complexity index is 1220. The molecule has 2 aromatic heterocycles. The van der Waals surface area contributed by atoms with E-state index in [0.717, 1.165) is 10.9 Å². The summed E-state index contributed by atoms with van der Waals surface area (Å²) >= 11 is 7.20. The second-order valence-electron chi connectivity index (χ2n) is 5.81. The first-order valence-corrected chi connectivity index (χ1v) is 9.50. The van der Waals surface area contributed by atoms with Crippen LogP contribution in [0.4, 0.5) is 5.13 Å². The largest absolute Gasteiger partial charge is 0.497 e. The molecule has 6 nitrogen and oxygen atoms in total. The molecule has 0 amide bonds. The third-order valence-electron chi connectivity index (χ3n) is 3.96. The van der Waals surface area contributed by atoms with Gasteiger partial charge in [-0.3, -0.25) is 5.43 Å². The number of halogens is 1. The van der Waals surface area contributed by atoms with Crippen LogP contribution in [0.15, 0.2) is 68.2 Å². The van der Waals surface area contributed by atoms with E-state index in [9.17, 15) is 4.79 Å². The van der Waals surface area contributed by atoms with E-state index in [1.54, 1.807) is 49.0 Å². The van der Waals surface area contributed by atoms with Gasteiger partial charge in [-0.2, -0.15) is 5.10 Å². The van der Waals surface area contributed by atoms with Crippen LogP contribution in [0.25, 0.3) is 22.2 Å². The highest BCUT2D eigenvalue weighted by Gasteiger charge is 2.12. The Balaban J connectivity index is 1.57. The Morgan fingerprint density at radius 2 is 2.04 bits per heavy atom. The van der Waals surface area contributed by atoms with E-state index in [0.29, 0.717) is 32.7 Å². The second kappa shape index (κ2) is 7.84. The van der Waals surface area contributed by atoms with Crippen molar-refractivity contribution in [1.82, 2.24) is 4.98 Å². The van der Waals surface area contributed by atoms with Crippen LogP contribution in [0.3, 0.4) is 0 Å². The summed E-state index contributed by atoms with van der Waals surface area (Å²) in [6.07, 6.45) is 1.66. The lowest BCUT2D eigenvalue weighted by atomic mass is 10.1. The van der Waals surface area contributed by atoms with E-state index >= 15 is 0 Å². The summed E-state index contributed by atoms with van der Waals surface area (Å²) in [6.45, 7) is 0. The zero-order chi connectivity index (χ0) is 19.5. The number of methoxy groups -OCH3 is 1. The number of nitrogens with one attached hydrogen (secondary N) is 1. The minimum Gasteiger partial charge on any atom is -0.497 e. The maximum atomic E-state index is 12.3. The van der Waals surface area contributed by atoms with Crippen molar-refractivity contribution in [2.24, 2.45) is 5.10 Å². The Morgan fingerprint density at radius 3 is 2.82 bits per heavy atom. The zero-order valence-electron chi connectivity index (χ0n) is 14.7. The molecular formula is C20H14ClN3O3S. The van der Waals surface area contributed by atoms with Gasteiger partial charge < -0.3 is 9.15 Å². The van der Waals surface area contributed by atoms with Gasteiger partial charge >= 0.3 is 5.63 Å². The molecule has 8 heteroatoms. The molecule has 0 spiro atoms. The molecule has 0 saturated heterocycles. The molecule has 4 aromatic rings. The number of hydrogen-bond donors (Lipinski definition) is 1. The van der Waals surface area contributed by atoms with Crippen LogP contribution in [-0.2, 0) is 0 Å². The molecule has 0 bridgehead atoms. The maximum Gasteiger partial charge on any atom is 0.345 e. The van der Waals surface area contributed by atoms with Crippen LogP contribution in [-0.4, -0.2) is 18.3 Å². The molecule has 4 rings (SSSR count). The molecule has 0 atom stereocenters. The molecule has 2 heterocycles. The number of ether oxygens (including phenoxy) is 1. The van der Waals surface area contributed by atoms with Crippen molar-refractivity contribution >= 4 is 45.3 Å². The van der Waals surface area contributed by atoms with Gasteiger partial charge in [-0.15, -0.1) is 11.3 Å².